The van der Waals surface area contributed by atoms with Crippen molar-refractivity contribution in [2.24, 2.45) is 5.92 Å². The van der Waals surface area contributed by atoms with Crippen LogP contribution in [0.1, 0.15) is 40.7 Å². The minimum atomic E-state index is 0.105. The molecule has 7 nitrogen and oxygen atoms in total. The highest BCUT2D eigenvalue weighted by Crippen LogP contribution is 2.34. The van der Waals surface area contributed by atoms with Crippen LogP contribution in [0.15, 0.2) is 30.3 Å². The molecule has 1 unspecified atom stereocenters. The number of ether oxygens (including phenoxy) is 4. The number of hydrogen-bond donors (Lipinski definition) is 0. The molecule has 2 aromatic rings. The van der Waals surface area contributed by atoms with Gasteiger partial charge in [-0.2, -0.15) is 0 Å². The van der Waals surface area contributed by atoms with Crippen LogP contribution >= 0.6 is 0 Å². The normalized spacial score (nSPS) is 18.6. The molecule has 0 bridgehead atoms. The molecule has 7 heteroatoms. The van der Waals surface area contributed by atoms with Crippen LogP contribution in [0.2, 0.25) is 0 Å². The van der Waals surface area contributed by atoms with E-state index in [0.29, 0.717) is 17.4 Å². The molecule has 35 heavy (non-hydrogen) atoms. The topological polar surface area (TPSA) is 60.5 Å². The minimum absolute atomic E-state index is 0.105. The number of amides is 1. The lowest BCUT2D eigenvalue weighted by Gasteiger charge is -2.33. The molecule has 1 amide bonds. The highest BCUT2D eigenvalue weighted by atomic mass is 16.5. The Bertz CT molecular complexity index is 1020. The first kappa shape index (κ1) is 25.2. The summed E-state index contributed by atoms with van der Waals surface area (Å²) in [6.45, 7) is 4.69. The fraction of sp³-hybridized carbons (Fsp3) is 0.536. The van der Waals surface area contributed by atoms with Crippen LogP contribution in [0.25, 0.3) is 0 Å². The molecule has 0 saturated carbocycles. The second-order valence-electron chi connectivity index (χ2n) is 9.47. The van der Waals surface area contributed by atoms with Crippen LogP contribution in [-0.2, 0) is 12.8 Å². The molecular weight excluding hydrogens is 444 g/mol. The quantitative estimate of drug-likeness (QED) is 0.537. The van der Waals surface area contributed by atoms with E-state index >= 15 is 0 Å². The standard InChI is InChI=1S/C28H38N2O5/c1-32-24-9-8-20(15-25(24)33-2)10-13-29-12-6-5-7-21(18-29)19-30-14-11-22-16-26(34-3)27(35-4)17-23(22)28(30)31/h8-9,15-17,21H,5-7,10-14,18-19H2,1-4H3. The Balaban J connectivity index is 1.38. The van der Waals surface area contributed by atoms with Gasteiger partial charge < -0.3 is 28.7 Å². The van der Waals surface area contributed by atoms with Crippen LogP contribution < -0.4 is 18.9 Å². The average Bonchev–Trinajstić information content (AvgIpc) is 3.13. The number of nitrogens with zero attached hydrogens (tertiary/aromatic N) is 2. The third kappa shape index (κ3) is 5.84. The van der Waals surface area contributed by atoms with Crippen molar-refractivity contribution in [3.8, 4) is 23.0 Å². The zero-order valence-electron chi connectivity index (χ0n) is 21.5. The van der Waals surface area contributed by atoms with Gasteiger partial charge in [0.05, 0.1) is 28.4 Å². The number of rotatable bonds is 9. The van der Waals surface area contributed by atoms with E-state index in [1.54, 1.807) is 28.4 Å². The maximum atomic E-state index is 13.3. The molecule has 1 atom stereocenters. The molecule has 0 N–H and O–H groups in total. The lowest BCUT2D eigenvalue weighted by Crippen LogP contribution is -2.43. The summed E-state index contributed by atoms with van der Waals surface area (Å²) in [4.78, 5) is 17.9. The highest BCUT2D eigenvalue weighted by Gasteiger charge is 2.29. The van der Waals surface area contributed by atoms with Gasteiger partial charge in [-0.3, -0.25) is 4.79 Å². The SMILES string of the molecule is COc1ccc(CCN2CCCCC(CN3CCc4cc(OC)c(OC)cc4C3=O)C2)cc1OC. The van der Waals surface area contributed by atoms with Crippen LogP contribution in [-0.4, -0.2) is 76.9 Å². The van der Waals surface area contributed by atoms with Crippen molar-refractivity contribution in [1.29, 1.82) is 0 Å². The van der Waals surface area contributed by atoms with Gasteiger partial charge in [0.2, 0.25) is 0 Å². The summed E-state index contributed by atoms with van der Waals surface area (Å²) in [7, 11) is 6.57. The molecule has 2 heterocycles. The average molecular weight is 483 g/mol. The van der Waals surface area contributed by atoms with Gasteiger partial charge in [0.15, 0.2) is 23.0 Å². The number of methoxy groups -OCH3 is 4. The summed E-state index contributed by atoms with van der Waals surface area (Å²) in [5.74, 6) is 3.41. The second kappa shape index (κ2) is 11.7. The molecule has 2 aliphatic heterocycles. The van der Waals surface area contributed by atoms with Gasteiger partial charge >= 0.3 is 0 Å². The monoisotopic (exact) mass is 482 g/mol. The molecule has 2 aromatic carbocycles. The van der Waals surface area contributed by atoms with E-state index in [0.717, 1.165) is 74.6 Å². The minimum Gasteiger partial charge on any atom is -0.493 e. The Hall–Kier alpha value is -2.93. The number of carbonyl (C=O) groups excluding carboxylic acids is 1. The van der Waals surface area contributed by atoms with E-state index < -0.39 is 0 Å². The van der Waals surface area contributed by atoms with Gasteiger partial charge in [-0.05, 0) is 73.5 Å². The Kier molecular flexibility index (Phi) is 8.39. The molecule has 0 spiro atoms. The van der Waals surface area contributed by atoms with E-state index in [1.165, 1.54) is 18.4 Å². The van der Waals surface area contributed by atoms with Gasteiger partial charge in [-0.25, -0.2) is 0 Å². The molecule has 0 radical (unpaired) electrons. The van der Waals surface area contributed by atoms with Crippen LogP contribution in [0.3, 0.4) is 0 Å². The number of hydrogen-bond acceptors (Lipinski definition) is 6. The summed E-state index contributed by atoms with van der Waals surface area (Å²) < 4.78 is 21.7. The number of likely N-dealkylation sites (tertiary alicyclic amines) is 1. The fourth-order valence-corrected chi connectivity index (χ4v) is 5.33. The summed E-state index contributed by atoms with van der Waals surface area (Å²) in [6.07, 6.45) is 5.38. The third-order valence-electron chi connectivity index (χ3n) is 7.27. The predicted octanol–water partition coefficient (Wildman–Crippen LogP) is 4.06. The van der Waals surface area contributed by atoms with Gasteiger partial charge in [-0.15, -0.1) is 0 Å². The summed E-state index contributed by atoms with van der Waals surface area (Å²) in [5, 5.41) is 0. The van der Waals surface area contributed by atoms with Crippen molar-refractivity contribution >= 4 is 5.91 Å². The predicted molar refractivity (Wildman–Crippen MR) is 136 cm³/mol. The Morgan fingerprint density at radius 1 is 0.857 bits per heavy atom. The Morgan fingerprint density at radius 2 is 1.57 bits per heavy atom. The molecule has 2 aliphatic rings. The summed E-state index contributed by atoms with van der Waals surface area (Å²) in [6, 6.07) is 9.95. The third-order valence-corrected chi connectivity index (χ3v) is 7.27. The lowest BCUT2D eigenvalue weighted by atomic mass is 9.95. The van der Waals surface area contributed by atoms with E-state index in [4.69, 9.17) is 18.9 Å². The second-order valence-corrected chi connectivity index (χ2v) is 9.47. The van der Waals surface area contributed by atoms with Gasteiger partial charge in [0.1, 0.15) is 0 Å². The van der Waals surface area contributed by atoms with Crippen molar-refractivity contribution in [1.82, 2.24) is 9.80 Å². The molecule has 0 aliphatic carbocycles. The maximum absolute atomic E-state index is 13.3. The maximum Gasteiger partial charge on any atom is 0.254 e. The lowest BCUT2D eigenvalue weighted by molar-refractivity contribution is 0.0695. The molecule has 1 fully saturated rings. The number of carbonyl (C=O) groups is 1. The van der Waals surface area contributed by atoms with Gasteiger partial charge in [-0.1, -0.05) is 12.5 Å². The Morgan fingerprint density at radius 3 is 2.31 bits per heavy atom. The van der Waals surface area contributed by atoms with Crippen LogP contribution in [0.5, 0.6) is 23.0 Å². The Labute approximate surface area is 208 Å². The molecule has 0 aromatic heterocycles. The van der Waals surface area contributed by atoms with Gasteiger partial charge in [0.25, 0.3) is 5.91 Å². The first-order valence-corrected chi connectivity index (χ1v) is 12.5. The smallest absolute Gasteiger partial charge is 0.254 e. The molecule has 1 saturated heterocycles. The zero-order chi connectivity index (χ0) is 24.8. The zero-order valence-corrected chi connectivity index (χ0v) is 21.5. The summed E-state index contributed by atoms with van der Waals surface area (Å²) >= 11 is 0. The molecule has 190 valence electrons. The van der Waals surface area contributed by atoms with Crippen molar-refractivity contribution in [3.05, 3.63) is 47.0 Å². The fourth-order valence-electron chi connectivity index (χ4n) is 5.33. The van der Waals surface area contributed by atoms with E-state index in [2.05, 4.69) is 17.0 Å². The van der Waals surface area contributed by atoms with Crippen molar-refractivity contribution in [3.63, 3.8) is 0 Å². The van der Waals surface area contributed by atoms with Gasteiger partial charge in [0, 0.05) is 31.7 Å². The number of fused-ring (bicyclic) bond motifs is 1. The van der Waals surface area contributed by atoms with E-state index in [1.807, 2.05) is 23.1 Å². The van der Waals surface area contributed by atoms with Crippen LogP contribution in [0, 0.1) is 5.92 Å². The van der Waals surface area contributed by atoms with E-state index in [-0.39, 0.29) is 5.91 Å². The molecular formula is C28H38N2O5. The number of benzene rings is 2. The van der Waals surface area contributed by atoms with Crippen molar-refractivity contribution in [2.45, 2.75) is 32.1 Å². The van der Waals surface area contributed by atoms with Crippen LogP contribution in [0.4, 0.5) is 0 Å². The van der Waals surface area contributed by atoms with E-state index in [9.17, 15) is 4.79 Å². The highest BCUT2D eigenvalue weighted by molar-refractivity contribution is 5.97. The largest absolute Gasteiger partial charge is 0.493 e. The van der Waals surface area contributed by atoms with Crippen molar-refractivity contribution < 1.29 is 23.7 Å². The van der Waals surface area contributed by atoms with Crippen molar-refractivity contribution in [2.75, 3.05) is 61.2 Å². The first-order valence-electron chi connectivity index (χ1n) is 12.5. The first-order chi connectivity index (χ1) is 17.1. The molecule has 4 rings (SSSR count). The summed E-state index contributed by atoms with van der Waals surface area (Å²) in [5.41, 5.74) is 3.03.